The molecular weight excluding hydrogens is 264 g/mol. The van der Waals surface area contributed by atoms with Gasteiger partial charge in [-0.1, -0.05) is 0 Å². The number of aliphatic hydroxyl groups is 1. The van der Waals surface area contributed by atoms with E-state index in [2.05, 4.69) is 10.6 Å². The summed E-state index contributed by atoms with van der Waals surface area (Å²) in [6.07, 6.45) is 1.06. The van der Waals surface area contributed by atoms with Crippen molar-refractivity contribution in [1.82, 2.24) is 10.6 Å². The van der Waals surface area contributed by atoms with Gasteiger partial charge < -0.3 is 20.5 Å². The fourth-order valence-electron chi connectivity index (χ4n) is 2.09. The lowest BCUT2D eigenvalue weighted by molar-refractivity contribution is 0.0798. The molecule has 106 valence electrons. The molecule has 3 N–H and O–H groups in total. The van der Waals surface area contributed by atoms with E-state index in [0.717, 1.165) is 23.3 Å². The van der Waals surface area contributed by atoms with Crippen LogP contribution in [0, 0.1) is 6.92 Å². The van der Waals surface area contributed by atoms with Crippen molar-refractivity contribution < 1.29 is 14.6 Å². The maximum Gasteiger partial charge on any atom is 0.315 e. The molecule has 2 rings (SSSR count). The van der Waals surface area contributed by atoms with Crippen molar-refractivity contribution in [1.29, 1.82) is 0 Å². The number of carbonyl (C=O) groups is 1. The van der Waals surface area contributed by atoms with Crippen LogP contribution in [0.25, 0.3) is 0 Å². The largest absolute Gasteiger partial charge is 0.386 e. The average molecular weight is 284 g/mol. The molecule has 19 heavy (non-hydrogen) atoms. The predicted octanol–water partition coefficient (Wildman–Crippen LogP) is 1.57. The lowest BCUT2D eigenvalue weighted by Gasteiger charge is -2.23. The summed E-state index contributed by atoms with van der Waals surface area (Å²) < 4.78 is 5.23. The van der Waals surface area contributed by atoms with Crippen LogP contribution in [0.1, 0.15) is 29.4 Å². The molecule has 1 aromatic rings. The molecule has 1 atom stereocenters. The molecule has 0 spiro atoms. The van der Waals surface area contributed by atoms with E-state index in [1.54, 1.807) is 0 Å². The van der Waals surface area contributed by atoms with Crippen LogP contribution in [0.3, 0.4) is 0 Å². The zero-order chi connectivity index (χ0) is 13.7. The van der Waals surface area contributed by atoms with Crippen molar-refractivity contribution in [3.05, 3.63) is 21.9 Å². The van der Waals surface area contributed by atoms with Crippen LogP contribution in [-0.4, -0.2) is 36.9 Å². The fraction of sp³-hybridized carbons (Fsp3) is 0.615. The van der Waals surface area contributed by atoms with E-state index in [1.807, 2.05) is 18.4 Å². The minimum Gasteiger partial charge on any atom is -0.386 e. The Kier molecular flexibility index (Phi) is 5.18. The summed E-state index contributed by atoms with van der Waals surface area (Å²) in [4.78, 5) is 12.6. The number of ether oxygens (including phenoxy) is 1. The molecule has 1 aliphatic rings. The number of hydrogen-bond acceptors (Lipinski definition) is 4. The smallest absolute Gasteiger partial charge is 0.315 e. The highest BCUT2D eigenvalue weighted by molar-refractivity contribution is 7.10. The van der Waals surface area contributed by atoms with Crippen molar-refractivity contribution >= 4 is 17.4 Å². The van der Waals surface area contributed by atoms with Crippen LogP contribution in [0.2, 0.25) is 0 Å². The van der Waals surface area contributed by atoms with Crippen molar-refractivity contribution in [2.24, 2.45) is 0 Å². The maximum atomic E-state index is 11.7. The van der Waals surface area contributed by atoms with E-state index in [0.29, 0.717) is 13.2 Å². The molecule has 2 amide bonds. The van der Waals surface area contributed by atoms with E-state index in [9.17, 15) is 9.90 Å². The summed E-state index contributed by atoms with van der Waals surface area (Å²) in [6.45, 7) is 3.58. The van der Waals surface area contributed by atoms with Crippen molar-refractivity contribution in [2.45, 2.75) is 31.9 Å². The first kappa shape index (κ1) is 14.3. The van der Waals surface area contributed by atoms with Crippen LogP contribution in [-0.2, 0) is 4.74 Å². The number of aryl methyl sites for hydroxylation is 1. The average Bonchev–Trinajstić information content (AvgIpc) is 2.83. The summed E-state index contributed by atoms with van der Waals surface area (Å²) in [7, 11) is 0. The highest BCUT2D eigenvalue weighted by Crippen LogP contribution is 2.23. The fourth-order valence-corrected chi connectivity index (χ4v) is 3.00. The summed E-state index contributed by atoms with van der Waals surface area (Å²) in [5.74, 6) is 0. The Morgan fingerprint density at radius 2 is 2.32 bits per heavy atom. The quantitative estimate of drug-likeness (QED) is 0.786. The van der Waals surface area contributed by atoms with Gasteiger partial charge in [-0.2, -0.15) is 0 Å². The molecule has 5 nitrogen and oxygen atoms in total. The van der Waals surface area contributed by atoms with Gasteiger partial charge in [0.25, 0.3) is 0 Å². The topological polar surface area (TPSA) is 70.6 Å². The van der Waals surface area contributed by atoms with E-state index in [-0.39, 0.29) is 18.6 Å². The van der Waals surface area contributed by atoms with Crippen LogP contribution in [0.5, 0.6) is 0 Å². The summed E-state index contributed by atoms with van der Waals surface area (Å²) in [5.41, 5.74) is 1.06. The molecule has 0 aliphatic carbocycles. The van der Waals surface area contributed by atoms with Gasteiger partial charge in [-0.3, -0.25) is 0 Å². The Morgan fingerprint density at radius 1 is 1.58 bits per heavy atom. The van der Waals surface area contributed by atoms with E-state index < -0.39 is 6.10 Å². The third-order valence-electron chi connectivity index (χ3n) is 3.22. The van der Waals surface area contributed by atoms with Crippen molar-refractivity contribution in [3.8, 4) is 0 Å². The van der Waals surface area contributed by atoms with Gasteiger partial charge in [-0.25, -0.2) is 4.79 Å². The van der Waals surface area contributed by atoms with Crippen LogP contribution >= 0.6 is 11.3 Å². The number of aliphatic hydroxyl groups excluding tert-OH is 1. The van der Waals surface area contributed by atoms with Gasteiger partial charge in [0.05, 0.1) is 6.54 Å². The van der Waals surface area contributed by atoms with E-state index >= 15 is 0 Å². The first-order chi connectivity index (χ1) is 9.16. The van der Waals surface area contributed by atoms with Gasteiger partial charge in [0.15, 0.2) is 0 Å². The Bertz CT molecular complexity index is 416. The number of hydrogen-bond donors (Lipinski definition) is 3. The second kappa shape index (κ2) is 6.88. The molecule has 1 saturated heterocycles. The minimum absolute atomic E-state index is 0.175. The van der Waals surface area contributed by atoms with Crippen molar-refractivity contribution in [3.63, 3.8) is 0 Å². The lowest BCUT2D eigenvalue weighted by atomic mass is 10.1. The number of carbonyl (C=O) groups excluding carboxylic acids is 1. The highest BCUT2D eigenvalue weighted by Gasteiger charge is 2.17. The van der Waals surface area contributed by atoms with Gasteiger partial charge in [0.2, 0.25) is 0 Å². The van der Waals surface area contributed by atoms with Crippen LogP contribution < -0.4 is 10.6 Å². The number of nitrogens with one attached hydrogen (secondary N) is 2. The maximum absolute atomic E-state index is 11.7. The Balaban J connectivity index is 1.72. The molecule has 0 bridgehead atoms. The number of thiophene rings is 1. The zero-order valence-electron chi connectivity index (χ0n) is 11.0. The molecule has 1 aliphatic heterocycles. The monoisotopic (exact) mass is 284 g/mol. The number of rotatable bonds is 4. The zero-order valence-corrected chi connectivity index (χ0v) is 11.8. The molecule has 1 fully saturated rings. The van der Waals surface area contributed by atoms with E-state index in [1.165, 1.54) is 11.3 Å². The number of urea groups is 1. The predicted molar refractivity (Wildman–Crippen MR) is 74.4 cm³/mol. The lowest BCUT2D eigenvalue weighted by Crippen LogP contribution is -2.45. The second-order valence-electron chi connectivity index (χ2n) is 4.72. The second-order valence-corrected chi connectivity index (χ2v) is 5.67. The SMILES string of the molecule is Cc1ccsc1C(O)CNC(=O)NC1CCOCC1. The molecule has 1 aromatic heterocycles. The van der Waals surface area contributed by atoms with Gasteiger partial charge in [-0.05, 0) is 36.8 Å². The van der Waals surface area contributed by atoms with Gasteiger partial charge >= 0.3 is 6.03 Å². The van der Waals surface area contributed by atoms with E-state index in [4.69, 9.17) is 4.74 Å². The third kappa shape index (κ3) is 4.19. The molecule has 1 unspecified atom stereocenters. The molecule has 2 heterocycles. The number of amides is 2. The summed E-state index contributed by atoms with van der Waals surface area (Å²) in [5, 5.41) is 17.5. The summed E-state index contributed by atoms with van der Waals surface area (Å²) >= 11 is 1.51. The van der Waals surface area contributed by atoms with Gasteiger partial charge in [-0.15, -0.1) is 11.3 Å². The Labute approximate surface area is 117 Å². The minimum atomic E-state index is -0.638. The van der Waals surface area contributed by atoms with Gasteiger partial charge in [0, 0.05) is 24.1 Å². The molecule has 0 radical (unpaired) electrons. The highest BCUT2D eigenvalue weighted by atomic mass is 32.1. The molecular formula is C13H20N2O3S. The normalized spacial score (nSPS) is 18.0. The Hall–Kier alpha value is -1.11. The van der Waals surface area contributed by atoms with Crippen LogP contribution in [0.4, 0.5) is 4.79 Å². The molecule has 6 heteroatoms. The van der Waals surface area contributed by atoms with Crippen LogP contribution in [0.15, 0.2) is 11.4 Å². The van der Waals surface area contributed by atoms with Gasteiger partial charge in [0.1, 0.15) is 6.10 Å². The standard InChI is InChI=1S/C13H20N2O3S/c1-9-4-7-19-12(9)11(16)8-14-13(17)15-10-2-5-18-6-3-10/h4,7,10-11,16H,2-3,5-6,8H2,1H3,(H2,14,15,17). The molecule has 0 saturated carbocycles. The first-order valence-electron chi connectivity index (χ1n) is 6.51. The van der Waals surface area contributed by atoms with Crippen molar-refractivity contribution in [2.75, 3.05) is 19.8 Å². The first-order valence-corrected chi connectivity index (χ1v) is 7.39. The molecule has 0 aromatic carbocycles. The summed E-state index contributed by atoms with van der Waals surface area (Å²) in [6, 6.07) is 1.92. The third-order valence-corrected chi connectivity index (χ3v) is 4.34. The Morgan fingerprint density at radius 3 is 2.95 bits per heavy atom.